The highest BCUT2D eigenvalue weighted by molar-refractivity contribution is 6.06. The van der Waals surface area contributed by atoms with Crippen molar-refractivity contribution in [2.75, 3.05) is 23.8 Å². The summed E-state index contributed by atoms with van der Waals surface area (Å²) in [5.74, 6) is 0.00168. The summed E-state index contributed by atoms with van der Waals surface area (Å²) in [6.45, 7) is 2.88. The second-order valence-electron chi connectivity index (χ2n) is 6.61. The van der Waals surface area contributed by atoms with Gasteiger partial charge in [0, 0.05) is 23.9 Å². The van der Waals surface area contributed by atoms with Crippen LogP contribution in [0.1, 0.15) is 39.6 Å². The SMILES string of the molecule is Cc1cc(C2CCOC2)oc(=O)c1C(=O)Nc1ccc2c(c1)NC(=O)C2. The summed E-state index contributed by atoms with van der Waals surface area (Å²) >= 11 is 0. The van der Waals surface area contributed by atoms with Gasteiger partial charge in [-0.25, -0.2) is 4.79 Å². The van der Waals surface area contributed by atoms with Crippen molar-refractivity contribution >= 4 is 23.2 Å². The van der Waals surface area contributed by atoms with Crippen LogP contribution in [0.5, 0.6) is 0 Å². The van der Waals surface area contributed by atoms with Crippen molar-refractivity contribution in [1.29, 1.82) is 0 Å². The molecule has 0 aliphatic carbocycles. The number of hydrogen-bond acceptors (Lipinski definition) is 5. The molecule has 7 nitrogen and oxygen atoms in total. The van der Waals surface area contributed by atoms with Crippen LogP contribution in [0.15, 0.2) is 33.5 Å². The molecule has 4 rings (SSSR count). The minimum atomic E-state index is -0.654. The van der Waals surface area contributed by atoms with Crippen LogP contribution in [-0.4, -0.2) is 25.0 Å². The fraction of sp³-hybridized carbons (Fsp3) is 0.316. The topological polar surface area (TPSA) is 97.6 Å². The number of carbonyl (C=O) groups is 2. The number of amides is 2. The van der Waals surface area contributed by atoms with E-state index in [0.717, 1.165) is 12.0 Å². The smallest absolute Gasteiger partial charge is 0.349 e. The van der Waals surface area contributed by atoms with Crippen molar-refractivity contribution in [3.05, 3.63) is 57.1 Å². The van der Waals surface area contributed by atoms with Crippen LogP contribution >= 0.6 is 0 Å². The maximum absolute atomic E-state index is 12.6. The molecule has 26 heavy (non-hydrogen) atoms. The van der Waals surface area contributed by atoms with E-state index in [-0.39, 0.29) is 17.4 Å². The van der Waals surface area contributed by atoms with Gasteiger partial charge in [0.2, 0.25) is 5.91 Å². The van der Waals surface area contributed by atoms with Gasteiger partial charge in [0.25, 0.3) is 5.91 Å². The number of anilines is 2. The van der Waals surface area contributed by atoms with Crippen molar-refractivity contribution in [3.8, 4) is 0 Å². The molecule has 2 aromatic rings. The Morgan fingerprint density at radius 2 is 2.12 bits per heavy atom. The number of fused-ring (bicyclic) bond motifs is 1. The van der Waals surface area contributed by atoms with Crippen LogP contribution in [0.25, 0.3) is 0 Å². The first-order valence-electron chi connectivity index (χ1n) is 8.48. The molecule has 2 amide bonds. The fourth-order valence-corrected chi connectivity index (χ4v) is 3.35. The zero-order valence-corrected chi connectivity index (χ0v) is 14.3. The number of nitrogens with one attached hydrogen (secondary N) is 2. The lowest BCUT2D eigenvalue weighted by Crippen LogP contribution is -2.23. The van der Waals surface area contributed by atoms with Gasteiger partial charge in [0.05, 0.1) is 13.0 Å². The van der Waals surface area contributed by atoms with Gasteiger partial charge >= 0.3 is 5.63 Å². The molecule has 1 unspecified atom stereocenters. The summed E-state index contributed by atoms with van der Waals surface area (Å²) in [6.07, 6.45) is 1.13. The molecule has 0 saturated carbocycles. The predicted octanol–water partition coefficient (Wildman–Crippen LogP) is 2.20. The lowest BCUT2D eigenvalue weighted by Gasteiger charge is -2.11. The van der Waals surface area contributed by atoms with Crippen LogP contribution in [0, 0.1) is 6.92 Å². The van der Waals surface area contributed by atoms with Crippen LogP contribution in [0.3, 0.4) is 0 Å². The standard InChI is InChI=1S/C19H18N2O5/c1-10-6-15(12-4-5-25-9-12)26-19(24)17(10)18(23)20-13-3-2-11-7-16(22)21-14(11)8-13/h2-3,6,8,12H,4-5,7,9H2,1H3,(H,20,23)(H,21,22). The van der Waals surface area contributed by atoms with Gasteiger partial charge < -0.3 is 19.8 Å². The normalized spacial score (nSPS) is 18.5. The molecule has 1 fully saturated rings. The van der Waals surface area contributed by atoms with Gasteiger partial charge in [-0.05, 0) is 42.7 Å². The minimum Gasteiger partial charge on any atom is -0.427 e. The van der Waals surface area contributed by atoms with Crippen LogP contribution < -0.4 is 16.3 Å². The monoisotopic (exact) mass is 354 g/mol. The first-order chi connectivity index (χ1) is 12.5. The third kappa shape index (κ3) is 3.01. The summed E-state index contributed by atoms with van der Waals surface area (Å²) in [7, 11) is 0. The molecular weight excluding hydrogens is 336 g/mol. The van der Waals surface area contributed by atoms with Crippen LogP contribution in [0.2, 0.25) is 0 Å². The molecule has 1 atom stereocenters. The molecule has 0 spiro atoms. The van der Waals surface area contributed by atoms with Gasteiger partial charge in [-0.3, -0.25) is 9.59 Å². The maximum Gasteiger partial charge on any atom is 0.349 e. The number of rotatable bonds is 3. The summed E-state index contributed by atoms with van der Waals surface area (Å²) < 4.78 is 10.7. The van der Waals surface area contributed by atoms with E-state index in [1.807, 2.05) is 0 Å². The average molecular weight is 354 g/mol. The Balaban J connectivity index is 1.58. The van der Waals surface area contributed by atoms with Gasteiger partial charge in [-0.2, -0.15) is 0 Å². The molecule has 7 heteroatoms. The van der Waals surface area contributed by atoms with Gasteiger partial charge in [0.1, 0.15) is 11.3 Å². The van der Waals surface area contributed by atoms with E-state index in [1.54, 1.807) is 31.2 Å². The molecule has 0 bridgehead atoms. The number of hydrogen-bond donors (Lipinski definition) is 2. The predicted molar refractivity (Wildman–Crippen MR) is 94.6 cm³/mol. The minimum absolute atomic E-state index is 0.0165. The maximum atomic E-state index is 12.6. The summed E-state index contributed by atoms with van der Waals surface area (Å²) in [5.41, 5.74) is 1.95. The van der Waals surface area contributed by atoms with E-state index < -0.39 is 11.5 Å². The molecule has 1 saturated heterocycles. The quantitative estimate of drug-likeness (QED) is 0.881. The molecule has 2 aliphatic rings. The van der Waals surface area contributed by atoms with Gasteiger partial charge in [-0.1, -0.05) is 6.07 Å². The van der Waals surface area contributed by atoms with Crippen molar-refractivity contribution in [2.24, 2.45) is 0 Å². The van der Waals surface area contributed by atoms with E-state index in [4.69, 9.17) is 9.15 Å². The fourth-order valence-electron chi connectivity index (χ4n) is 3.35. The van der Waals surface area contributed by atoms with Gasteiger partial charge in [0.15, 0.2) is 0 Å². The van der Waals surface area contributed by atoms with Crippen molar-refractivity contribution in [3.63, 3.8) is 0 Å². The summed E-state index contributed by atoms with van der Waals surface area (Å²) in [4.78, 5) is 36.3. The molecule has 1 aromatic carbocycles. The Kier molecular flexibility index (Phi) is 4.08. The van der Waals surface area contributed by atoms with E-state index in [2.05, 4.69) is 10.6 Å². The number of aryl methyl sites for hydroxylation is 1. The van der Waals surface area contributed by atoms with Crippen molar-refractivity contribution in [2.45, 2.75) is 25.7 Å². The molecule has 3 heterocycles. The van der Waals surface area contributed by atoms with E-state index in [0.29, 0.717) is 42.3 Å². The Hall–Kier alpha value is -2.93. The lowest BCUT2D eigenvalue weighted by molar-refractivity contribution is -0.115. The first kappa shape index (κ1) is 16.5. The van der Waals surface area contributed by atoms with Gasteiger partial charge in [-0.15, -0.1) is 0 Å². The van der Waals surface area contributed by atoms with Crippen molar-refractivity contribution < 1.29 is 18.7 Å². The summed E-state index contributed by atoms with van der Waals surface area (Å²) in [5, 5.41) is 5.43. The largest absolute Gasteiger partial charge is 0.427 e. The molecule has 1 aromatic heterocycles. The highest BCUT2D eigenvalue weighted by atomic mass is 16.5. The zero-order chi connectivity index (χ0) is 18.3. The number of ether oxygens (including phenoxy) is 1. The van der Waals surface area contributed by atoms with E-state index in [1.165, 1.54) is 0 Å². The van der Waals surface area contributed by atoms with E-state index in [9.17, 15) is 14.4 Å². The highest BCUT2D eigenvalue weighted by Crippen LogP contribution is 2.27. The highest BCUT2D eigenvalue weighted by Gasteiger charge is 2.24. The second kappa shape index (κ2) is 6.42. The molecule has 2 aliphatic heterocycles. The third-order valence-corrected chi connectivity index (χ3v) is 4.72. The molecule has 2 N–H and O–H groups in total. The lowest BCUT2D eigenvalue weighted by atomic mass is 10.0. The Morgan fingerprint density at radius 1 is 1.27 bits per heavy atom. The second-order valence-corrected chi connectivity index (χ2v) is 6.61. The van der Waals surface area contributed by atoms with Crippen molar-refractivity contribution in [1.82, 2.24) is 0 Å². The molecule has 134 valence electrons. The Labute approximate surface area is 149 Å². The summed E-state index contributed by atoms with van der Waals surface area (Å²) in [6, 6.07) is 6.90. The average Bonchev–Trinajstić information content (AvgIpc) is 3.22. The first-order valence-corrected chi connectivity index (χ1v) is 8.48. The van der Waals surface area contributed by atoms with E-state index >= 15 is 0 Å². The Morgan fingerprint density at radius 3 is 2.85 bits per heavy atom. The van der Waals surface area contributed by atoms with Crippen LogP contribution in [-0.2, 0) is 16.0 Å². The number of benzene rings is 1. The molecular formula is C19H18N2O5. The van der Waals surface area contributed by atoms with Crippen LogP contribution in [0.4, 0.5) is 11.4 Å². The third-order valence-electron chi connectivity index (χ3n) is 4.72. The molecule has 0 radical (unpaired) electrons. The number of carbonyl (C=O) groups excluding carboxylic acids is 2. The zero-order valence-electron chi connectivity index (χ0n) is 14.3. The Bertz CT molecular complexity index is 957.